The summed E-state index contributed by atoms with van der Waals surface area (Å²) in [6, 6.07) is 0. The Bertz CT molecular complexity index is 325. The van der Waals surface area contributed by atoms with Crippen LogP contribution in [0.2, 0.25) is 0 Å². The molecule has 1 heterocycles. The number of hydrogen-bond donors (Lipinski definition) is 1. The predicted molar refractivity (Wildman–Crippen MR) is 54.3 cm³/mol. The number of carboxylic acid groups (broad SMARTS) is 1. The van der Waals surface area contributed by atoms with E-state index in [1.807, 2.05) is 20.8 Å². The molecular weight excluding hydrogens is 194 g/mol. The first-order chi connectivity index (χ1) is 6.78. The summed E-state index contributed by atoms with van der Waals surface area (Å²) in [6.45, 7) is 5.90. The first-order valence-electron chi connectivity index (χ1n) is 5.35. The van der Waals surface area contributed by atoms with Crippen LogP contribution < -0.4 is 0 Å². The van der Waals surface area contributed by atoms with Gasteiger partial charge in [0.25, 0.3) is 0 Å². The van der Waals surface area contributed by atoms with Gasteiger partial charge in [0.1, 0.15) is 5.92 Å². The number of nitrogens with zero attached hydrogens (tertiary/aromatic N) is 1. The minimum absolute atomic E-state index is 0.127. The first kappa shape index (κ1) is 10.5. The second kappa shape index (κ2) is 2.74. The molecule has 2 aliphatic rings. The zero-order chi connectivity index (χ0) is 11.4. The molecule has 1 saturated heterocycles. The molecule has 0 aromatic carbocycles. The van der Waals surface area contributed by atoms with Gasteiger partial charge < -0.3 is 10.0 Å². The SMILES string of the molecule is CC(C)(C)N1C(=O)C(C(=O)O)CC12CC2. The molecule has 1 amide bonds. The third kappa shape index (κ3) is 1.43. The van der Waals surface area contributed by atoms with Crippen molar-refractivity contribution in [2.24, 2.45) is 5.92 Å². The van der Waals surface area contributed by atoms with Gasteiger partial charge in [-0.3, -0.25) is 9.59 Å². The van der Waals surface area contributed by atoms with Crippen molar-refractivity contribution in [3.63, 3.8) is 0 Å². The summed E-state index contributed by atoms with van der Waals surface area (Å²) in [5.74, 6) is -1.99. The third-order valence-electron chi connectivity index (χ3n) is 3.37. The van der Waals surface area contributed by atoms with Crippen molar-refractivity contribution in [1.82, 2.24) is 4.90 Å². The number of carbonyl (C=O) groups excluding carboxylic acids is 1. The van der Waals surface area contributed by atoms with Crippen LogP contribution in [-0.2, 0) is 9.59 Å². The van der Waals surface area contributed by atoms with Crippen molar-refractivity contribution >= 4 is 11.9 Å². The van der Waals surface area contributed by atoms with Crippen LogP contribution in [0.1, 0.15) is 40.0 Å². The summed E-state index contributed by atoms with van der Waals surface area (Å²) in [6.07, 6.45) is 2.41. The Morgan fingerprint density at radius 1 is 1.47 bits per heavy atom. The second-order valence-electron chi connectivity index (χ2n) is 5.66. The largest absolute Gasteiger partial charge is 0.481 e. The first-order valence-corrected chi connectivity index (χ1v) is 5.35. The van der Waals surface area contributed by atoms with Crippen molar-refractivity contribution in [2.45, 2.75) is 51.1 Å². The molecule has 15 heavy (non-hydrogen) atoms. The Balaban J connectivity index is 2.32. The number of hydrogen-bond acceptors (Lipinski definition) is 2. The third-order valence-corrected chi connectivity index (χ3v) is 3.37. The quantitative estimate of drug-likeness (QED) is 0.664. The van der Waals surface area contributed by atoms with Gasteiger partial charge in [-0.15, -0.1) is 0 Å². The fraction of sp³-hybridized carbons (Fsp3) is 0.818. The van der Waals surface area contributed by atoms with E-state index in [4.69, 9.17) is 5.11 Å². The number of carbonyl (C=O) groups is 2. The standard InChI is InChI=1S/C11H17NO3/c1-10(2,3)12-8(13)7(9(14)15)6-11(12)4-5-11/h7H,4-6H2,1-3H3,(H,14,15). The Morgan fingerprint density at radius 3 is 2.27 bits per heavy atom. The molecule has 4 nitrogen and oxygen atoms in total. The molecule has 2 rings (SSSR count). The molecule has 0 radical (unpaired) electrons. The Hall–Kier alpha value is -1.06. The molecule has 2 fully saturated rings. The average Bonchev–Trinajstić information content (AvgIpc) is 2.70. The van der Waals surface area contributed by atoms with Crippen LogP contribution in [0.3, 0.4) is 0 Å². The zero-order valence-corrected chi connectivity index (χ0v) is 9.41. The van der Waals surface area contributed by atoms with Gasteiger partial charge in [-0.2, -0.15) is 0 Å². The van der Waals surface area contributed by atoms with Gasteiger partial charge in [-0.05, 0) is 40.0 Å². The number of likely N-dealkylation sites (tertiary alicyclic amines) is 1. The fourth-order valence-corrected chi connectivity index (χ4v) is 2.76. The van der Waals surface area contributed by atoms with Gasteiger partial charge in [0.2, 0.25) is 5.91 Å². The summed E-state index contributed by atoms with van der Waals surface area (Å²) in [7, 11) is 0. The molecule has 0 bridgehead atoms. The minimum atomic E-state index is -0.974. The molecule has 0 aromatic rings. The van der Waals surface area contributed by atoms with Crippen molar-refractivity contribution < 1.29 is 14.7 Å². The lowest BCUT2D eigenvalue weighted by atomic mass is 10.0. The van der Waals surface area contributed by atoms with Gasteiger partial charge in [0.15, 0.2) is 0 Å². The highest BCUT2D eigenvalue weighted by Gasteiger charge is 2.62. The molecule has 1 atom stereocenters. The Kier molecular flexibility index (Phi) is 1.91. The topological polar surface area (TPSA) is 57.6 Å². The number of aliphatic carboxylic acids is 1. The minimum Gasteiger partial charge on any atom is -0.481 e. The highest BCUT2D eigenvalue weighted by Crippen LogP contribution is 2.54. The van der Waals surface area contributed by atoms with Gasteiger partial charge in [0, 0.05) is 11.1 Å². The van der Waals surface area contributed by atoms with Gasteiger partial charge in [0.05, 0.1) is 0 Å². The molecule has 84 valence electrons. The normalized spacial score (nSPS) is 28.6. The van der Waals surface area contributed by atoms with Crippen LogP contribution in [0.25, 0.3) is 0 Å². The molecule has 0 aromatic heterocycles. The molecular formula is C11H17NO3. The lowest BCUT2D eigenvalue weighted by molar-refractivity contribution is -0.149. The van der Waals surface area contributed by atoms with Crippen molar-refractivity contribution in [3.05, 3.63) is 0 Å². The Labute approximate surface area is 89.3 Å². The summed E-state index contributed by atoms with van der Waals surface area (Å²) in [5.41, 5.74) is -0.393. The average molecular weight is 211 g/mol. The van der Waals surface area contributed by atoms with Crippen LogP contribution in [0.4, 0.5) is 0 Å². The summed E-state index contributed by atoms with van der Waals surface area (Å²) in [4.78, 5) is 24.8. The van der Waals surface area contributed by atoms with Crippen molar-refractivity contribution in [3.8, 4) is 0 Å². The number of rotatable bonds is 1. The van der Waals surface area contributed by atoms with E-state index in [9.17, 15) is 9.59 Å². The Morgan fingerprint density at radius 2 is 2.00 bits per heavy atom. The molecule has 1 spiro atoms. The second-order valence-corrected chi connectivity index (χ2v) is 5.66. The highest BCUT2D eigenvalue weighted by molar-refractivity contribution is 6.00. The molecule has 1 aliphatic carbocycles. The summed E-state index contributed by atoms with van der Waals surface area (Å²) < 4.78 is 0. The van der Waals surface area contributed by atoms with Crippen LogP contribution in [0.5, 0.6) is 0 Å². The van der Waals surface area contributed by atoms with E-state index >= 15 is 0 Å². The molecule has 1 aliphatic heterocycles. The van der Waals surface area contributed by atoms with E-state index in [1.165, 1.54) is 0 Å². The lowest BCUT2D eigenvalue weighted by Gasteiger charge is -2.37. The molecule has 1 saturated carbocycles. The number of carboxylic acids is 1. The van der Waals surface area contributed by atoms with E-state index < -0.39 is 11.9 Å². The summed E-state index contributed by atoms with van der Waals surface area (Å²) in [5, 5.41) is 8.98. The van der Waals surface area contributed by atoms with Crippen LogP contribution in [-0.4, -0.2) is 33.0 Å². The van der Waals surface area contributed by atoms with Crippen LogP contribution in [0, 0.1) is 5.92 Å². The lowest BCUT2D eigenvalue weighted by Crippen LogP contribution is -2.49. The van der Waals surface area contributed by atoms with Crippen molar-refractivity contribution in [2.75, 3.05) is 0 Å². The van der Waals surface area contributed by atoms with E-state index in [0.717, 1.165) is 12.8 Å². The van der Waals surface area contributed by atoms with E-state index in [2.05, 4.69) is 0 Å². The van der Waals surface area contributed by atoms with Crippen molar-refractivity contribution in [1.29, 1.82) is 0 Å². The molecule has 1 N–H and O–H groups in total. The van der Waals surface area contributed by atoms with Crippen LogP contribution in [0.15, 0.2) is 0 Å². The van der Waals surface area contributed by atoms with E-state index in [0.29, 0.717) is 6.42 Å². The molecule has 1 unspecified atom stereocenters. The summed E-state index contributed by atoms with van der Waals surface area (Å²) >= 11 is 0. The zero-order valence-electron chi connectivity index (χ0n) is 9.41. The van der Waals surface area contributed by atoms with Gasteiger partial charge in [-0.25, -0.2) is 0 Å². The highest BCUT2D eigenvalue weighted by atomic mass is 16.4. The molecule has 4 heteroatoms. The number of amides is 1. The smallest absolute Gasteiger partial charge is 0.316 e. The maximum Gasteiger partial charge on any atom is 0.316 e. The maximum atomic E-state index is 12.0. The predicted octanol–water partition coefficient (Wildman–Crippen LogP) is 1.25. The van der Waals surface area contributed by atoms with E-state index in [-0.39, 0.29) is 17.0 Å². The maximum absolute atomic E-state index is 12.0. The fourth-order valence-electron chi connectivity index (χ4n) is 2.76. The van der Waals surface area contributed by atoms with E-state index in [1.54, 1.807) is 4.90 Å². The van der Waals surface area contributed by atoms with Gasteiger partial charge >= 0.3 is 5.97 Å². The van der Waals surface area contributed by atoms with Crippen LogP contribution >= 0.6 is 0 Å². The van der Waals surface area contributed by atoms with Gasteiger partial charge in [-0.1, -0.05) is 0 Å². The monoisotopic (exact) mass is 211 g/mol.